The highest BCUT2D eigenvalue weighted by Gasteiger charge is 2.39. The Labute approximate surface area is 192 Å². The molecule has 2 aliphatic carbocycles. The molecule has 32 heavy (non-hydrogen) atoms. The molecule has 0 amide bonds. The molecule has 3 fully saturated rings. The van der Waals surface area contributed by atoms with Crippen LogP contribution in [0.25, 0.3) is 0 Å². The van der Waals surface area contributed by atoms with Gasteiger partial charge in [-0.2, -0.15) is 0 Å². The molecular formula is C27H42F2O3. The van der Waals surface area contributed by atoms with Crippen molar-refractivity contribution < 1.29 is 23.0 Å². The minimum atomic E-state index is -0.653. The van der Waals surface area contributed by atoms with Crippen LogP contribution in [-0.2, 0) is 14.2 Å². The summed E-state index contributed by atoms with van der Waals surface area (Å²) >= 11 is 0. The van der Waals surface area contributed by atoms with Gasteiger partial charge in [0.05, 0.1) is 25.9 Å². The van der Waals surface area contributed by atoms with Crippen molar-refractivity contribution in [1.29, 1.82) is 0 Å². The van der Waals surface area contributed by atoms with Gasteiger partial charge in [0.1, 0.15) is 5.83 Å². The monoisotopic (exact) mass is 452 g/mol. The first-order valence-corrected chi connectivity index (χ1v) is 13.2. The molecule has 5 heteroatoms. The molecule has 0 spiro atoms. The van der Waals surface area contributed by atoms with Crippen molar-refractivity contribution in [2.45, 2.75) is 96.9 Å². The van der Waals surface area contributed by atoms with Gasteiger partial charge in [-0.15, -0.1) is 0 Å². The lowest BCUT2D eigenvalue weighted by Gasteiger charge is -2.40. The maximum atomic E-state index is 15.1. The second-order valence-corrected chi connectivity index (χ2v) is 10.5. The van der Waals surface area contributed by atoms with Gasteiger partial charge < -0.3 is 14.2 Å². The highest BCUT2D eigenvalue weighted by Crippen LogP contribution is 2.43. The largest absolute Gasteiger partial charge is 0.378 e. The molecule has 2 aliphatic heterocycles. The van der Waals surface area contributed by atoms with Crippen LogP contribution in [-0.4, -0.2) is 32.2 Å². The van der Waals surface area contributed by atoms with Crippen LogP contribution in [0.2, 0.25) is 0 Å². The average Bonchev–Trinajstić information content (AvgIpc) is 2.83. The van der Waals surface area contributed by atoms with E-state index in [9.17, 15) is 0 Å². The number of hydrogen-bond donors (Lipinski definition) is 0. The van der Waals surface area contributed by atoms with Gasteiger partial charge in [0.2, 0.25) is 0 Å². The zero-order valence-corrected chi connectivity index (χ0v) is 20.0. The summed E-state index contributed by atoms with van der Waals surface area (Å²) in [7, 11) is 0. The van der Waals surface area contributed by atoms with E-state index in [0.717, 1.165) is 44.4 Å². The van der Waals surface area contributed by atoms with Gasteiger partial charge in [0.15, 0.2) is 12.1 Å². The SMILES string of the molecule is CCCC1CCC(C2OCC(C3CC=C(C4CCC(CCC)OC4)C(F)=C3F)CO2)CC1. The minimum absolute atomic E-state index is 0.0270. The van der Waals surface area contributed by atoms with Gasteiger partial charge >= 0.3 is 0 Å². The molecule has 0 radical (unpaired) electrons. The van der Waals surface area contributed by atoms with E-state index in [1.54, 1.807) is 0 Å². The summed E-state index contributed by atoms with van der Waals surface area (Å²) in [6.45, 7) is 5.82. The molecule has 4 rings (SSSR count). The Morgan fingerprint density at radius 1 is 0.812 bits per heavy atom. The summed E-state index contributed by atoms with van der Waals surface area (Å²) < 4.78 is 48.2. The molecule has 3 nitrogen and oxygen atoms in total. The minimum Gasteiger partial charge on any atom is -0.378 e. The topological polar surface area (TPSA) is 27.7 Å². The number of allylic oxidation sites excluding steroid dienone is 3. The summed E-state index contributed by atoms with van der Waals surface area (Å²) in [5.74, 6) is -0.581. The summed E-state index contributed by atoms with van der Waals surface area (Å²) in [4.78, 5) is 0. The molecule has 0 aromatic heterocycles. The van der Waals surface area contributed by atoms with E-state index in [0.29, 0.717) is 37.7 Å². The molecule has 2 saturated heterocycles. The van der Waals surface area contributed by atoms with E-state index in [1.165, 1.54) is 25.7 Å². The van der Waals surface area contributed by atoms with Crippen molar-refractivity contribution in [2.24, 2.45) is 29.6 Å². The summed E-state index contributed by atoms with van der Waals surface area (Å²) in [5.41, 5.74) is 0.521. The van der Waals surface area contributed by atoms with E-state index in [4.69, 9.17) is 14.2 Å². The molecule has 3 unspecified atom stereocenters. The first-order chi connectivity index (χ1) is 15.6. The van der Waals surface area contributed by atoms with Crippen LogP contribution in [0.15, 0.2) is 23.3 Å². The van der Waals surface area contributed by atoms with Crippen molar-refractivity contribution >= 4 is 0 Å². The number of rotatable bonds is 7. The molecule has 182 valence electrons. The molecule has 0 aromatic carbocycles. The number of halogens is 2. The Hall–Kier alpha value is -0.780. The predicted octanol–water partition coefficient (Wildman–Crippen LogP) is 7.27. The third kappa shape index (κ3) is 5.64. The Morgan fingerprint density at radius 2 is 1.53 bits per heavy atom. The number of hydrogen-bond acceptors (Lipinski definition) is 3. The summed E-state index contributed by atoms with van der Waals surface area (Å²) in [5, 5.41) is 0. The number of ether oxygens (including phenoxy) is 3. The van der Waals surface area contributed by atoms with Crippen LogP contribution in [0.3, 0.4) is 0 Å². The van der Waals surface area contributed by atoms with Gasteiger partial charge in [-0.3, -0.25) is 0 Å². The average molecular weight is 453 g/mol. The van der Waals surface area contributed by atoms with E-state index in [1.807, 2.05) is 6.08 Å². The van der Waals surface area contributed by atoms with Crippen molar-refractivity contribution in [1.82, 2.24) is 0 Å². The fraction of sp³-hybridized carbons (Fsp3) is 0.852. The van der Waals surface area contributed by atoms with Gasteiger partial charge in [0.25, 0.3) is 0 Å². The third-order valence-electron chi connectivity index (χ3n) is 8.29. The quantitative estimate of drug-likeness (QED) is 0.406. The Kier molecular flexibility index (Phi) is 8.80. The van der Waals surface area contributed by atoms with Crippen LogP contribution in [0.4, 0.5) is 8.78 Å². The van der Waals surface area contributed by atoms with Gasteiger partial charge in [-0.1, -0.05) is 39.2 Å². The van der Waals surface area contributed by atoms with Crippen LogP contribution in [0.1, 0.15) is 84.5 Å². The van der Waals surface area contributed by atoms with Crippen molar-refractivity contribution in [3.05, 3.63) is 23.3 Å². The third-order valence-corrected chi connectivity index (χ3v) is 8.29. The van der Waals surface area contributed by atoms with Gasteiger partial charge in [0, 0.05) is 23.7 Å². The van der Waals surface area contributed by atoms with Crippen LogP contribution in [0.5, 0.6) is 0 Å². The molecule has 4 aliphatic rings. The Morgan fingerprint density at radius 3 is 2.16 bits per heavy atom. The van der Waals surface area contributed by atoms with Crippen LogP contribution in [0, 0.1) is 29.6 Å². The Bertz CT molecular complexity index is 652. The molecule has 0 aromatic rings. The second-order valence-electron chi connectivity index (χ2n) is 10.5. The van der Waals surface area contributed by atoms with E-state index in [2.05, 4.69) is 13.8 Å². The lowest BCUT2D eigenvalue weighted by Crippen LogP contribution is -2.41. The van der Waals surface area contributed by atoms with E-state index < -0.39 is 17.6 Å². The normalized spacial score (nSPS) is 39.1. The van der Waals surface area contributed by atoms with Crippen molar-refractivity contribution in [3.63, 3.8) is 0 Å². The first kappa shape index (κ1) is 24.3. The standard InChI is InChI=1S/C27H42F2O3/c1-3-5-18-7-9-19(10-8-18)27-31-16-21(17-32-27)24-14-13-23(25(28)26(24)29)20-11-12-22(6-4-2)30-15-20/h13,18-22,24,27H,3-12,14-17H2,1-2H3. The van der Waals surface area contributed by atoms with Crippen molar-refractivity contribution in [3.8, 4) is 0 Å². The van der Waals surface area contributed by atoms with Gasteiger partial charge in [-0.25, -0.2) is 8.78 Å². The van der Waals surface area contributed by atoms with Crippen molar-refractivity contribution in [2.75, 3.05) is 19.8 Å². The second kappa shape index (κ2) is 11.6. The summed E-state index contributed by atoms with van der Waals surface area (Å²) in [6.07, 6.45) is 13.9. The zero-order chi connectivity index (χ0) is 22.5. The lowest BCUT2D eigenvalue weighted by molar-refractivity contribution is -0.234. The highest BCUT2D eigenvalue weighted by molar-refractivity contribution is 5.35. The van der Waals surface area contributed by atoms with Gasteiger partial charge in [-0.05, 0) is 62.9 Å². The molecule has 3 atom stereocenters. The maximum Gasteiger partial charge on any atom is 0.160 e. The maximum absolute atomic E-state index is 15.1. The molecule has 0 bridgehead atoms. The molecule has 0 N–H and O–H groups in total. The summed E-state index contributed by atoms with van der Waals surface area (Å²) in [6, 6.07) is 0. The van der Waals surface area contributed by atoms with Crippen LogP contribution >= 0.6 is 0 Å². The van der Waals surface area contributed by atoms with E-state index >= 15 is 8.78 Å². The highest BCUT2D eigenvalue weighted by atomic mass is 19.2. The lowest BCUT2D eigenvalue weighted by atomic mass is 9.78. The fourth-order valence-electron chi connectivity index (χ4n) is 6.29. The molecule has 2 heterocycles. The fourth-order valence-corrected chi connectivity index (χ4v) is 6.29. The van der Waals surface area contributed by atoms with E-state index in [-0.39, 0.29) is 24.2 Å². The smallest absolute Gasteiger partial charge is 0.160 e. The Balaban J connectivity index is 1.26. The molecular weight excluding hydrogens is 410 g/mol. The first-order valence-electron chi connectivity index (χ1n) is 13.2. The zero-order valence-electron chi connectivity index (χ0n) is 20.0. The van der Waals surface area contributed by atoms with Crippen LogP contribution < -0.4 is 0 Å². The molecule has 1 saturated carbocycles. The predicted molar refractivity (Wildman–Crippen MR) is 122 cm³/mol.